The molecule has 0 saturated carbocycles. The number of ether oxygens (including phenoxy) is 1. The summed E-state index contributed by atoms with van der Waals surface area (Å²) in [6.45, 7) is 1.91. The maximum atomic E-state index is 12.4. The van der Waals surface area contributed by atoms with Gasteiger partial charge in [-0.15, -0.1) is 11.8 Å². The van der Waals surface area contributed by atoms with Crippen molar-refractivity contribution >= 4 is 35.0 Å². The molecule has 1 amide bonds. The van der Waals surface area contributed by atoms with Gasteiger partial charge in [0.15, 0.2) is 6.10 Å². The molecule has 0 bridgehead atoms. The number of carbonyl (C=O) groups excluding carboxylic acids is 1. The highest BCUT2D eigenvalue weighted by atomic mass is 35.5. The number of hydrogen-bond acceptors (Lipinski definition) is 3. The van der Waals surface area contributed by atoms with E-state index in [1.807, 2.05) is 37.4 Å². The number of nitrogens with one attached hydrogen (secondary N) is 1. The van der Waals surface area contributed by atoms with Gasteiger partial charge in [-0.05, 0) is 49.1 Å². The lowest BCUT2D eigenvalue weighted by molar-refractivity contribution is -0.122. The van der Waals surface area contributed by atoms with E-state index in [1.54, 1.807) is 36.0 Å². The van der Waals surface area contributed by atoms with Crippen LogP contribution in [0.3, 0.4) is 0 Å². The van der Waals surface area contributed by atoms with Gasteiger partial charge in [0, 0.05) is 15.6 Å². The van der Waals surface area contributed by atoms with E-state index in [9.17, 15) is 4.79 Å². The van der Waals surface area contributed by atoms with Crippen molar-refractivity contribution in [3.05, 3.63) is 53.6 Å². The number of amides is 1. The van der Waals surface area contributed by atoms with Crippen LogP contribution >= 0.6 is 23.4 Å². The summed E-state index contributed by atoms with van der Waals surface area (Å²) in [5.74, 6) is 0.424. The molecule has 116 valence electrons. The van der Waals surface area contributed by atoms with Crippen LogP contribution in [0.5, 0.6) is 5.75 Å². The zero-order chi connectivity index (χ0) is 15.9. The fourth-order valence-corrected chi connectivity index (χ4v) is 2.59. The lowest BCUT2D eigenvalue weighted by atomic mass is 10.2. The second-order valence-electron chi connectivity index (χ2n) is 4.69. The number of benzene rings is 2. The first kappa shape index (κ1) is 16.7. The van der Waals surface area contributed by atoms with Crippen molar-refractivity contribution in [2.45, 2.75) is 24.3 Å². The van der Waals surface area contributed by atoms with Gasteiger partial charge >= 0.3 is 0 Å². The Kier molecular flexibility index (Phi) is 6.16. The summed E-state index contributed by atoms with van der Waals surface area (Å²) < 4.78 is 5.73. The quantitative estimate of drug-likeness (QED) is 0.766. The number of thioether (sulfide) groups is 1. The molecule has 0 spiro atoms. The lowest BCUT2D eigenvalue weighted by Crippen LogP contribution is -2.32. The monoisotopic (exact) mass is 335 g/mol. The van der Waals surface area contributed by atoms with E-state index >= 15 is 0 Å². The predicted molar refractivity (Wildman–Crippen MR) is 93.0 cm³/mol. The second-order valence-corrected chi connectivity index (χ2v) is 6.01. The van der Waals surface area contributed by atoms with Crippen molar-refractivity contribution in [3.63, 3.8) is 0 Å². The first-order valence-electron chi connectivity index (χ1n) is 6.99. The maximum Gasteiger partial charge on any atom is 0.265 e. The first-order valence-corrected chi connectivity index (χ1v) is 8.59. The molecule has 0 aliphatic carbocycles. The molecule has 5 heteroatoms. The van der Waals surface area contributed by atoms with Gasteiger partial charge < -0.3 is 10.1 Å². The Hall–Kier alpha value is -1.65. The van der Waals surface area contributed by atoms with Crippen molar-refractivity contribution in [1.29, 1.82) is 0 Å². The molecular formula is C17H18ClNO2S. The standard InChI is InChI=1S/C17H18ClNO2S/c1-3-16(21-14-8-4-6-12(18)10-14)17(20)19-13-7-5-9-15(11-13)22-2/h4-11,16H,3H2,1-2H3,(H,19,20)/t16-/m1/s1. The highest BCUT2D eigenvalue weighted by Crippen LogP contribution is 2.21. The summed E-state index contributed by atoms with van der Waals surface area (Å²) in [5.41, 5.74) is 0.769. The number of hydrogen-bond donors (Lipinski definition) is 1. The van der Waals surface area contributed by atoms with E-state index in [2.05, 4.69) is 5.32 Å². The SMILES string of the molecule is CC[C@@H](Oc1cccc(Cl)c1)C(=O)Nc1cccc(SC)c1. The molecule has 2 rings (SSSR count). The summed E-state index contributed by atoms with van der Waals surface area (Å²) in [5, 5.41) is 3.48. The van der Waals surface area contributed by atoms with Crippen molar-refractivity contribution in [2.75, 3.05) is 11.6 Å². The van der Waals surface area contributed by atoms with Gasteiger partial charge in [0.05, 0.1) is 0 Å². The van der Waals surface area contributed by atoms with Gasteiger partial charge in [0.2, 0.25) is 0 Å². The number of rotatable bonds is 6. The average molecular weight is 336 g/mol. The molecule has 3 nitrogen and oxygen atoms in total. The van der Waals surface area contributed by atoms with Crippen LogP contribution in [-0.2, 0) is 4.79 Å². The molecular weight excluding hydrogens is 318 g/mol. The highest BCUT2D eigenvalue weighted by Gasteiger charge is 2.18. The first-order chi connectivity index (χ1) is 10.6. The molecule has 0 unspecified atom stereocenters. The van der Waals surface area contributed by atoms with Crippen LogP contribution in [0.4, 0.5) is 5.69 Å². The van der Waals surface area contributed by atoms with E-state index < -0.39 is 6.10 Å². The molecule has 22 heavy (non-hydrogen) atoms. The Morgan fingerprint density at radius 2 is 2.05 bits per heavy atom. The topological polar surface area (TPSA) is 38.3 Å². The summed E-state index contributed by atoms with van der Waals surface area (Å²) in [7, 11) is 0. The third-order valence-corrected chi connectivity index (χ3v) is 4.04. The fourth-order valence-electron chi connectivity index (χ4n) is 1.95. The largest absolute Gasteiger partial charge is 0.481 e. The van der Waals surface area contributed by atoms with Crippen LogP contribution in [0.15, 0.2) is 53.4 Å². The molecule has 1 N–H and O–H groups in total. The van der Waals surface area contributed by atoms with Gasteiger partial charge in [-0.1, -0.05) is 30.7 Å². The minimum atomic E-state index is -0.559. The normalized spacial score (nSPS) is 11.8. The molecule has 0 radical (unpaired) electrons. The van der Waals surface area contributed by atoms with Crippen LogP contribution in [-0.4, -0.2) is 18.3 Å². The molecule has 0 aliphatic heterocycles. The summed E-state index contributed by atoms with van der Waals surface area (Å²) in [6.07, 6.45) is 2.01. The Labute approximate surface area is 140 Å². The molecule has 2 aromatic rings. The highest BCUT2D eigenvalue weighted by molar-refractivity contribution is 7.98. The van der Waals surface area contributed by atoms with E-state index in [4.69, 9.17) is 16.3 Å². The van der Waals surface area contributed by atoms with Crippen LogP contribution in [0.25, 0.3) is 0 Å². The van der Waals surface area contributed by atoms with Crippen molar-refractivity contribution in [2.24, 2.45) is 0 Å². The molecule has 0 aliphatic rings. The van der Waals surface area contributed by atoms with E-state index in [0.29, 0.717) is 17.2 Å². The molecule has 0 heterocycles. The van der Waals surface area contributed by atoms with Crippen LogP contribution in [0, 0.1) is 0 Å². The summed E-state index contributed by atoms with van der Waals surface area (Å²) >= 11 is 7.56. The summed E-state index contributed by atoms with van der Waals surface area (Å²) in [4.78, 5) is 13.5. The van der Waals surface area contributed by atoms with Gasteiger partial charge in [-0.25, -0.2) is 0 Å². The zero-order valence-electron chi connectivity index (χ0n) is 12.5. The predicted octanol–water partition coefficient (Wildman–Crippen LogP) is 4.86. The minimum absolute atomic E-state index is 0.166. The lowest BCUT2D eigenvalue weighted by Gasteiger charge is -2.17. The van der Waals surface area contributed by atoms with Crippen molar-refractivity contribution in [3.8, 4) is 5.75 Å². The van der Waals surface area contributed by atoms with Gasteiger partial charge in [-0.3, -0.25) is 4.79 Å². The molecule has 0 fully saturated rings. The average Bonchev–Trinajstić information content (AvgIpc) is 2.52. The smallest absolute Gasteiger partial charge is 0.265 e. The zero-order valence-corrected chi connectivity index (χ0v) is 14.1. The van der Waals surface area contributed by atoms with E-state index in [0.717, 1.165) is 10.6 Å². The molecule has 2 aromatic carbocycles. The third kappa shape index (κ3) is 4.68. The van der Waals surface area contributed by atoms with Crippen LogP contribution < -0.4 is 10.1 Å². The Balaban J connectivity index is 2.05. The fraction of sp³-hybridized carbons (Fsp3) is 0.235. The molecule has 1 atom stereocenters. The number of anilines is 1. The van der Waals surface area contributed by atoms with Gasteiger partial charge in [0.25, 0.3) is 5.91 Å². The Morgan fingerprint density at radius 1 is 1.27 bits per heavy atom. The number of carbonyl (C=O) groups is 1. The third-order valence-electron chi connectivity index (χ3n) is 3.07. The van der Waals surface area contributed by atoms with E-state index in [1.165, 1.54) is 0 Å². The van der Waals surface area contributed by atoms with E-state index in [-0.39, 0.29) is 5.91 Å². The van der Waals surface area contributed by atoms with Crippen molar-refractivity contribution in [1.82, 2.24) is 0 Å². The molecule has 0 saturated heterocycles. The summed E-state index contributed by atoms with van der Waals surface area (Å²) in [6, 6.07) is 14.8. The van der Waals surface area contributed by atoms with Crippen LogP contribution in [0.2, 0.25) is 5.02 Å². The molecule has 0 aromatic heterocycles. The maximum absolute atomic E-state index is 12.4. The van der Waals surface area contributed by atoms with Gasteiger partial charge in [-0.2, -0.15) is 0 Å². The second kappa shape index (κ2) is 8.11. The Morgan fingerprint density at radius 3 is 2.73 bits per heavy atom. The Bertz CT molecular complexity index is 648. The number of halogens is 1. The van der Waals surface area contributed by atoms with Crippen molar-refractivity contribution < 1.29 is 9.53 Å². The van der Waals surface area contributed by atoms with Gasteiger partial charge in [0.1, 0.15) is 5.75 Å². The minimum Gasteiger partial charge on any atom is -0.481 e. The van der Waals surface area contributed by atoms with Crippen LogP contribution in [0.1, 0.15) is 13.3 Å².